The van der Waals surface area contributed by atoms with Gasteiger partial charge in [-0.3, -0.25) is 4.79 Å². The van der Waals surface area contributed by atoms with Crippen molar-refractivity contribution in [3.63, 3.8) is 0 Å². The topological polar surface area (TPSA) is 72.8 Å². The van der Waals surface area contributed by atoms with Crippen LogP contribution >= 0.6 is 0 Å². The third kappa shape index (κ3) is 1.75. The number of carboxylic acids is 1. The highest BCUT2D eigenvalue weighted by Gasteiger charge is 2.29. The summed E-state index contributed by atoms with van der Waals surface area (Å²) in [5.74, 6) is -1.32. The van der Waals surface area contributed by atoms with Gasteiger partial charge in [-0.2, -0.15) is 0 Å². The van der Waals surface area contributed by atoms with Gasteiger partial charge in [0, 0.05) is 0 Å². The summed E-state index contributed by atoms with van der Waals surface area (Å²) in [4.78, 5) is 20.9. The summed E-state index contributed by atoms with van der Waals surface area (Å²) in [6.45, 7) is 0. The standard InChI is InChI=1S/C7H8O5/c1-11-4-3-7(10)12-5(4)2-6(8)9/h3,5H,2H2,1H3,(H,8,9)/t5-/m1/s1. The Morgan fingerprint density at radius 3 is 3.00 bits per heavy atom. The molecule has 0 radical (unpaired) electrons. The zero-order chi connectivity index (χ0) is 9.14. The van der Waals surface area contributed by atoms with Crippen LogP contribution in [0.5, 0.6) is 0 Å². The normalized spacial score (nSPS) is 21.6. The molecule has 1 atom stereocenters. The van der Waals surface area contributed by atoms with Crippen LogP contribution in [0.4, 0.5) is 0 Å². The number of esters is 1. The lowest BCUT2D eigenvalue weighted by Gasteiger charge is -2.09. The number of methoxy groups -OCH3 is 1. The van der Waals surface area contributed by atoms with E-state index in [2.05, 4.69) is 4.74 Å². The number of rotatable bonds is 3. The minimum atomic E-state index is -1.03. The van der Waals surface area contributed by atoms with Gasteiger partial charge in [-0.05, 0) is 0 Å². The molecule has 5 heteroatoms. The van der Waals surface area contributed by atoms with E-state index in [0.717, 1.165) is 6.08 Å². The van der Waals surface area contributed by atoms with Gasteiger partial charge in [-0.25, -0.2) is 4.79 Å². The molecule has 0 amide bonds. The van der Waals surface area contributed by atoms with Crippen molar-refractivity contribution in [2.45, 2.75) is 12.5 Å². The summed E-state index contributed by atoms with van der Waals surface area (Å²) in [5, 5.41) is 8.40. The molecule has 0 unspecified atom stereocenters. The third-order valence-electron chi connectivity index (χ3n) is 1.43. The fourth-order valence-corrected chi connectivity index (χ4v) is 0.933. The number of aliphatic carboxylic acids is 1. The third-order valence-corrected chi connectivity index (χ3v) is 1.43. The van der Waals surface area contributed by atoms with E-state index in [1.807, 2.05) is 0 Å². The number of carbonyl (C=O) groups excluding carboxylic acids is 1. The average Bonchev–Trinajstić information content (AvgIpc) is 2.29. The highest BCUT2D eigenvalue weighted by Crippen LogP contribution is 2.18. The summed E-state index contributed by atoms with van der Waals surface area (Å²) in [7, 11) is 1.36. The van der Waals surface area contributed by atoms with Gasteiger partial charge in [0.1, 0.15) is 5.76 Å². The minimum Gasteiger partial charge on any atom is -0.497 e. The van der Waals surface area contributed by atoms with Gasteiger partial charge in [0.15, 0.2) is 6.10 Å². The van der Waals surface area contributed by atoms with Crippen molar-refractivity contribution >= 4 is 11.9 Å². The number of carbonyl (C=O) groups is 2. The van der Waals surface area contributed by atoms with Crippen molar-refractivity contribution in [1.82, 2.24) is 0 Å². The zero-order valence-corrected chi connectivity index (χ0v) is 6.44. The monoisotopic (exact) mass is 172 g/mol. The van der Waals surface area contributed by atoms with Crippen LogP contribution in [0.1, 0.15) is 6.42 Å². The molecule has 1 N–H and O–H groups in total. The first-order chi connectivity index (χ1) is 5.63. The number of ether oxygens (including phenoxy) is 2. The lowest BCUT2D eigenvalue weighted by Crippen LogP contribution is -2.17. The van der Waals surface area contributed by atoms with Crippen LogP contribution in [0.25, 0.3) is 0 Å². The van der Waals surface area contributed by atoms with E-state index in [9.17, 15) is 9.59 Å². The number of carboxylic acid groups (broad SMARTS) is 1. The lowest BCUT2D eigenvalue weighted by atomic mass is 10.2. The van der Waals surface area contributed by atoms with E-state index in [-0.39, 0.29) is 12.2 Å². The summed E-state index contributed by atoms with van der Waals surface area (Å²) in [5.41, 5.74) is 0. The van der Waals surface area contributed by atoms with Crippen LogP contribution in [-0.4, -0.2) is 30.3 Å². The van der Waals surface area contributed by atoms with Crippen LogP contribution in [0.15, 0.2) is 11.8 Å². The molecule has 0 aromatic carbocycles. The fraction of sp³-hybridized carbons (Fsp3) is 0.429. The average molecular weight is 172 g/mol. The highest BCUT2D eigenvalue weighted by atomic mass is 16.6. The molecule has 0 saturated carbocycles. The van der Waals surface area contributed by atoms with Crippen LogP contribution in [0.2, 0.25) is 0 Å². The Labute approximate surface area is 68.6 Å². The molecular formula is C7H8O5. The summed E-state index contributed by atoms with van der Waals surface area (Å²) in [6.07, 6.45) is 0.124. The smallest absolute Gasteiger partial charge is 0.335 e. The van der Waals surface area contributed by atoms with Gasteiger partial charge in [0.25, 0.3) is 0 Å². The summed E-state index contributed by atoms with van der Waals surface area (Å²) >= 11 is 0. The summed E-state index contributed by atoms with van der Waals surface area (Å²) in [6, 6.07) is 0. The second-order valence-corrected chi connectivity index (χ2v) is 2.27. The number of hydrogen-bond donors (Lipinski definition) is 1. The fourth-order valence-electron chi connectivity index (χ4n) is 0.933. The van der Waals surface area contributed by atoms with Gasteiger partial charge in [-0.15, -0.1) is 0 Å². The van der Waals surface area contributed by atoms with Gasteiger partial charge in [-0.1, -0.05) is 0 Å². The van der Waals surface area contributed by atoms with Gasteiger partial charge in [0.05, 0.1) is 19.6 Å². The Kier molecular flexibility index (Phi) is 2.32. The molecule has 0 saturated heterocycles. The van der Waals surface area contributed by atoms with E-state index in [0.29, 0.717) is 0 Å². The van der Waals surface area contributed by atoms with E-state index in [4.69, 9.17) is 9.84 Å². The zero-order valence-electron chi connectivity index (χ0n) is 6.44. The van der Waals surface area contributed by atoms with Crippen LogP contribution in [0, 0.1) is 0 Å². The molecule has 0 aliphatic carbocycles. The van der Waals surface area contributed by atoms with Crippen molar-refractivity contribution in [2.75, 3.05) is 7.11 Å². The van der Waals surface area contributed by atoms with Crippen molar-refractivity contribution in [3.05, 3.63) is 11.8 Å². The number of hydrogen-bond acceptors (Lipinski definition) is 4. The molecule has 0 aromatic heterocycles. The maximum atomic E-state index is 10.6. The second-order valence-electron chi connectivity index (χ2n) is 2.27. The van der Waals surface area contributed by atoms with E-state index in [1.165, 1.54) is 7.11 Å². The maximum absolute atomic E-state index is 10.6. The first kappa shape index (κ1) is 8.58. The molecule has 1 aliphatic rings. The first-order valence-corrected chi connectivity index (χ1v) is 3.31. The Hall–Kier alpha value is -1.52. The SMILES string of the molecule is COC1=CC(=O)O[C@@H]1CC(=O)O. The molecule has 66 valence electrons. The Bertz CT molecular complexity index is 242. The van der Waals surface area contributed by atoms with E-state index in [1.54, 1.807) is 0 Å². The molecule has 5 nitrogen and oxygen atoms in total. The van der Waals surface area contributed by atoms with Crippen LogP contribution < -0.4 is 0 Å². The van der Waals surface area contributed by atoms with Gasteiger partial charge >= 0.3 is 11.9 Å². The maximum Gasteiger partial charge on any atom is 0.335 e. The van der Waals surface area contributed by atoms with Crippen molar-refractivity contribution in [2.24, 2.45) is 0 Å². The molecule has 0 fully saturated rings. The lowest BCUT2D eigenvalue weighted by molar-refractivity contribution is -0.145. The molecule has 12 heavy (non-hydrogen) atoms. The quantitative estimate of drug-likeness (QED) is 0.602. The van der Waals surface area contributed by atoms with Crippen LogP contribution in [-0.2, 0) is 19.1 Å². The van der Waals surface area contributed by atoms with Crippen molar-refractivity contribution in [3.8, 4) is 0 Å². The van der Waals surface area contributed by atoms with E-state index >= 15 is 0 Å². The first-order valence-electron chi connectivity index (χ1n) is 3.31. The Morgan fingerprint density at radius 2 is 2.50 bits per heavy atom. The highest BCUT2D eigenvalue weighted by molar-refractivity contribution is 5.86. The Balaban J connectivity index is 2.62. The predicted molar refractivity (Wildman–Crippen MR) is 37.2 cm³/mol. The molecular weight excluding hydrogens is 164 g/mol. The second kappa shape index (κ2) is 3.25. The molecule has 0 bridgehead atoms. The molecule has 1 rings (SSSR count). The molecule has 1 aliphatic heterocycles. The van der Waals surface area contributed by atoms with Crippen molar-refractivity contribution < 1.29 is 24.2 Å². The van der Waals surface area contributed by atoms with Gasteiger partial charge in [0.2, 0.25) is 0 Å². The predicted octanol–water partition coefficient (Wildman–Crippen LogP) is -0.0832. The minimum absolute atomic E-state index is 0.259. The van der Waals surface area contributed by atoms with Crippen LogP contribution in [0.3, 0.4) is 0 Å². The van der Waals surface area contributed by atoms with Crippen molar-refractivity contribution in [1.29, 1.82) is 0 Å². The molecule has 0 spiro atoms. The Morgan fingerprint density at radius 1 is 1.83 bits per heavy atom. The van der Waals surface area contributed by atoms with Gasteiger partial charge < -0.3 is 14.6 Å². The summed E-state index contributed by atoms with van der Waals surface area (Å²) < 4.78 is 9.39. The molecule has 1 heterocycles. The molecule has 0 aromatic rings. The number of cyclic esters (lactones) is 1. The largest absolute Gasteiger partial charge is 0.497 e. The van der Waals surface area contributed by atoms with E-state index < -0.39 is 18.0 Å².